The predicted molar refractivity (Wildman–Crippen MR) is 114 cm³/mol. The first-order valence-electron chi connectivity index (χ1n) is 9.73. The largest absolute Gasteiger partial charge is 0.497 e. The Hall–Kier alpha value is -3.22. The van der Waals surface area contributed by atoms with Crippen LogP contribution in [0.5, 0.6) is 23.0 Å². The van der Waals surface area contributed by atoms with Crippen molar-refractivity contribution in [1.29, 1.82) is 0 Å². The molecule has 0 heterocycles. The van der Waals surface area contributed by atoms with E-state index >= 15 is 0 Å². The quantitative estimate of drug-likeness (QED) is 0.552. The third kappa shape index (κ3) is 4.84. The molecule has 0 aliphatic carbocycles. The first kappa shape index (κ1) is 23.1. The summed E-state index contributed by atoms with van der Waals surface area (Å²) in [7, 11) is 6.07. The van der Waals surface area contributed by atoms with E-state index in [4.69, 9.17) is 18.9 Å². The van der Waals surface area contributed by atoms with Crippen LogP contribution < -0.4 is 18.9 Å². The van der Waals surface area contributed by atoms with Gasteiger partial charge in [0.15, 0.2) is 17.3 Å². The van der Waals surface area contributed by atoms with Crippen LogP contribution in [0.4, 0.5) is 0 Å². The van der Waals surface area contributed by atoms with Gasteiger partial charge in [-0.1, -0.05) is 0 Å². The molecule has 0 N–H and O–H groups in total. The van der Waals surface area contributed by atoms with Gasteiger partial charge in [-0.05, 0) is 43.7 Å². The van der Waals surface area contributed by atoms with Gasteiger partial charge in [0.1, 0.15) is 11.5 Å². The smallest absolute Gasteiger partial charge is 0.257 e. The highest BCUT2D eigenvalue weighted by atomic mass is 16.5. The molecule has 2 aromatic rings. The average Bonchev–Trinajstić information content (AvgIpc) is 2.78. The first-order chi connectivity index (χ1) is 14.4. The van der Waals surface area contributed by atoms with Crippen molar-refractivity contribution < 1.29 is 28.5 Å². The Labute approximate surface area is 177 Å². The number of hydrogen-bond donors (Lipinski definition) is 0. The average molecular weight is 415 g/mol. The Kier molecular flexibility index (Phi) is 8.09. The number of carbonyl (C=O) groups excluding carboxylic acids is 2. The fourth-order valence-electron chi connectivity index (χ4n) is 3.26. The topological polar surface area (TPSA) is 74.3 Å². The molecular weight excluding hydrogens is 386 g/mol. The lowest BCUT2D eigenvalue weighted by molar-refractivity contribution is 0.0768. The second-order valence-electron chi connectivity index (χ2n) is 6.51. The molecule has 2 aromatic carbocycles. The van der Waals surface area contributed by atoms with E-state index in [1.54, 1.807) is 35.2 Å². The Morgan fingerprint density at radius 1 is 0.800 bits per heavy atom. The normalized spacial score (nSPS) is 10.3. The minimum Gasteiger partial charge on any atom is -0.497 e. The Balaban J connectivity index is 2.51. The molecule has 0 saturated heterocycles. The molecular formula is C23H29NO6. The predicted octanol–water partition coefficient (Wildman–Crippen LogP) is 3.63. The number of carbonyl (C=O) groups is 2. The highest BCUT2D eigenvalue weighted by Crippen LogP contribution is 2.32. The maximum Gasteiger partial charge on any atom is 0.257 e. The molecule has 0 aliphatic rings. The molecule has 7 heteroatoms. The number of methoxy groups -OCH3 is 4. The molecule has 30 heavy (non-hydrogen) atoms. The Bertz CT molecular complexity index is 905. The van der Waals surface area contributed by atoms with Crippen LogP contribution in [-0.4, -0.2) is 58.1 Å². The number of amides is 1. The van der Waals surface area contributed by atoms with Crippen LogP contribution in [0.25, 0.3) is 0 Å². The van der Waals surface area contributed by atoms with Crippen molar-refractivity contribution in [2.75, 3.05) is 41.5 Å². The molecule has 0 aliphatic heterocycles. The van der Waals surface area contributed by atoms with Crippen molar-refractivity contribution in [3.63, 3.8) is 0 Å². The highest BCUT2D eigenvalue weighted by Gasteiger charge is 2.24. The van der Waals surface area contributed by atoms with Crippen LogP contribution in [-0.2, 0) is 6.42 Å². The SMILES string of the molecule is CCN(CC)C(=O)c1c(CC(=O)c2ccc(OC)c(OC)c2)cc(OC)cc1OC. The van der Waals surface area contributed by atoms with E-state index in [1.807, 2.05) is 13.8 Å². The van der Waals surface area contributed by atoms with Crippen molar-refractivity contribution in [2.24, 2.45) is 0 Å². The lowest BCUT2D eigenvalue weighted by Crippen LogP contribution is -2.31. The lowest BCUT2D eigenvalue weighted by atomic mass is 9.96. The fourth-order valence-corrected chi connectivity index (χ4v) is 3.26. The van der Waals surface area contributed by atoms with Crippen LogP contribution in [0.1, 0.15) is 40.1 Å². The molecule has 0 unspecified atom stereocenters. The van der Waals surface area contributed by atoms with E-state index in [0.717, 1.165) is 0 Å². The molecule has 0 bridgehead atoms. The third-order valence-corrected chi connectivity index (χ3v) is 4.93. The zero-order chi connectivity index (χ0) is 22.3. The molecule has 7 nitrogen and oxygen atoms in total. The Morgan fingerprint density at radius 2 is 1.43 bits per heavy atom. The summed E-state index contributed by atoms with van der Waals surface area (Å²) >= 11 is 0. The van der Waals surface area contributed by atoms with E-state index in [0.29, 0.717) is 52.8 Å². The van der Waals surface area contributed by atoms with E-state index in [9.17, 15) is 9.59 Å². The monoisotopic (exact) mass is 415 g/mol. The minimum atomic E-state index is -0.186. The van der Waals surface area contributed by atoms with Gasteiger partial charge >= 0.3 is 0 Å². The number of nitrogens with zero attached hydrogens (tertiary/aromatic N) is 1. The summed E-state index contributed by atoms with van der Waals surface area (Å²) in [5.74, 6) is 1.54. The van der Waals surface area contributed by atoms with E-state index < -0.39 is 0 Å². The summed E-state index contributed by atoms with van der Waals surface area (Å²) in [6.07, 6.45) is 0.00534. The molecule has 0 saturated carbocycles. The zero-order valence-electron chi connectivity index (χ0n) is 18.4. The summed E-state index contributed by atoms with van der Waals surface area (Å²) in [5, 5.41) is 0. The molecule has 0 spiro atoms. The number of ketones is 1. The van der Waals surface area contributed by atoms with Crippen LogP contribution in [0.2, 0.25) is 0 Å². The molecule has 0 aromatic heterocycles. The van der Waals surface area contributed by atoms with Gasteiger partial charge in [-0.15, -0.1) is 0 Å². The summed E-state index contributed by atoms with van der Waals surface area (Å²) in [6.45, 7) is 4.92. The maximum atomic E-state index is 13.2. The second kappa shape index (κ2) is 10.5. The van der Waals surface area contributed by atoms with Gasteiger partial charge in [0.2, 0.25) is 0 Å². The summed E-state index contributed by atoms with van der Waals surface area (Å²) in [4.78, 5) is 27.9. The van der Waals surface area contributed by atoms with Crippen molar-refractivity contribution in [1.82, 2.24) is 4.90 Å². The lowest BCUT2D eigenvalue weighted by Gasteiger charge is -2.22. The number of ether oxygens (including phenoxy) is 4. The Morgan fingerprint density at radius 3 is 1.97 bits per heavy atom. The van der Waals surface area contributed by atoms with Crippen LogP contribution >= 0.6 is 0 Å². The third-order valence-electron chi connectivity index (χ3n) is 4.93. The van der Waals surface area contributed by atoms with Crippen LogP contribution in [0.15, 0.2) is 30.3 Å². The molecule has 0 radical (unpaired) electrons. The zero-order valence-corrected chi connectivity index (χ0v) is 18.4. The van der Waals surface area contributed by atoms with Gasteiger partial charge in [-0.2, -0.15) is 0 Å². The van der Waals surface area contributed by atoms with E-state index in [-0.39, 0.29) is 18.1 Å². The second-order valence-corrected chi connectivity index (χ2v) is 6.51. The van der Waals surface area contributed by atoms with Crippen molar-refractivity contribution in [3.05, 3.63) is 47.0 Å². The van der Waals surface area contributed by atoms with Crippen molar-refractivity contribution in [2.45, 2.75) is 20.3 Å². The molecule has 0 fully saturated rings. The number of rotatable bonds is 10. The molecule has 1 amide bonds. The number of benzene rings is 2. The summed E-state index contributed by atoms with van der Waals surface area (Å²) in [6, 6.07) is 8.34. The number of hydrogen-bond acceptors (Lipinski definition) is 6. The van der Waals surface area contributed by atoms with Gasteiger partial charge in [-0.3, -0.25) is 9.59 Å². The van der Waals surface area contributed by atoms with Gasteiger partial charge in [0, 0.05) is 31.1 Å². The van der Waals surface area contributed by atoms with Crippen molar-refractivity contribution in [3.8, 4) is 23.0 Å². The van der Waals surface area contributed by atoms with Gasteiger partial charge in [-0.25, -0.2) is 0 Å². The van der Waals surface area contributed by atoms with Crippen molar-refractivity contribution >= 4 is 11.7 Å². The van der Waals surface area contributed by atoms with E-state index in [1.165, 1.54) is 28.4 Å². The van der Waals surface area contributed by atoms with Crippen LogP contribution in [0, 0.1) is 0 Å². The minimum absolute atomic E-state index is 0.00534. The summed E-state index contributed by atoms with van der Waals surface area (Å²) in [5.41, 5.74) is 1.37. The molecule has 162 valence electrons. The van der Waals surface area contributed by atoms with Gasteiger partial charge in [0.05, 0.1) is 34.0 Å². The highest BCUT2D eigenvalue weighted by molar-refractivity contribution is 6.03. The maximum absolute atomic E-state index is 13.2. The standard InChI is InChI=1S/C23H29NO6/c1-7-24(8-2)23(26)22-16(11-17(27-3)14-21(22)30-6)12-18(25)15-9-10-19(28-4)20(13-15)29-5/h9-11,13-14H,7-8,12H2,1-6H3. The van der Waals surface area contributed by atoms with Crippen LogP contribution in [0.3, 0.4) is 0 Å². The van der Waals surface area contributed by atoms with Gasteiger partial charge < -0.3 is 23.8 Å². The van der Waals surface area contributed by atoms with E-state index in [2.05, 4.69) is 0 Å². The molecule has 2 rings (SSSR count). The summed E-state index contributed by atoms with van der Waals surface area (Å²) < 4.78 is 21.3. The van der Waals surface area contributed by atoms with Gasteiger partial charge in [0.25, 0.3) is 5.91 Å². The first-order valence-corrected chi connectivity index (χ1v) is 9.73. The molecule has 0 atom stereocenters. The fraction of sp³-hybridized carbons (Fsp3) is 0.391. The number of Topliss-reactive ketones (excluding diaryl/α,β-unsaturated/α-hetero) is 1.